The molecule has 24 heavy (non-hydrogen) atoms. The number of halogens is 1. The number of aliphatic hydroxyl groups is 1. The monoisotopic (exact) mass is 368 g/mol. The highest BCUT2D eigenvalue weighted by Crippen LogP contribution is 2.32. The lowest BCUT2D eigenvalue weighted by atomic mass is 10.1. The van der Waals surface area contributed by atoms with Crippen LogP contribution in [0, 0.1) is 0 Å². The van der Waals surface area contributed by atoms with Gasteiger partial charge < -0.3 is 27.5 Å². The molecule has 0 aliphatic heterocycles. The summed E-state index contributed by atoms with van der Waals surface area (Å²) in [6.07, 6.45) is 1.04. The first-order chi connectivity index (χ1) is 11.0. The molecule has 2 N–H and O–H groups in total. The summed E-state index contributed by atoms with van der Waals surface area (Å²) in [5.41, 5.74) is 1.37. The molecule has 0 aliphatic carbocycles. The smallest absolute Gasteiger partial charge is 0.115 e. The highest BCUT2D eigenvalue weighted by Gasteiger charge is 2.10. The van der Waals surface area contributed by atoms with Crippen molar-refractivity contribution in [1.29, 1.82) is 0 Å². The summed E-state index contributed by atoms with van der Waals surface area (Å²) >= 11 is 1.75. The van der Waals surface area contributed by atoms with Gasteiger partial charge in [0.25, 0.3) is 0 Å². The molecule has 2 aromatic carbocycles. The topological polar surface area (TPSA) is 43.7 Å². The van der Waals surface area contributed by atoms with Crippen molar-refractivity contribution in [2.75, 3.05) is 20.7 Å². The van der Waals surface area contributed by atoms with E-state index in [9.17, 15) is 5.11 Å². The molecule has 2 aromatic rings. The van der Waals surface area contributed by atoms with Crippen molar-refractivity contribution in [3.8, 4) is 5.75 Å². The van der Waals surface area contributed by atoms with E-state index in [2.05, 4.69) is 50.2 Å². The van der Waals surface area contributed by atoms with Crippen LogP contribution in [0.3, 0.4) is 0 Å². The number of nitrogens with zero attached hydrogens (tertiary/aromatic N) is 1. The average Bonchev–Trinajstić information content (AvgIpc) is 2.52. The molecule has 0 aliphatic rings. The maximum absolute atomic E-state index is 9.34. The van der Waals surface area contributed by atoms with E-state index in [0.29, 0.717) is 11.8 Å². The lowest BCUT2D eigenvalue weighted by Gasteiger charge is -2.21. The Kier molecular flexibility index (Phi) is 11.6. The van der Waals surface area contributed by atoms with Crippen molar-refractivity contribution in [2.45, 2.75) is 36.1 Å². The summed E-state index contributed by atoms with van der Waals surface area (Å²) < 4.78 is 0. The molecule has 5 heteroatoms. The number of rotatable bonds is 5. The zero-order chi connectivity index (χ0) is 17.2. The van der Waals surface area contributed by atoms with Gasteiger partial charge in [-0.2, -0.15) is 0 Å². The SMILES string of the molecule is CC(Cc1ccccc1Sc1ccc(O)cc1)N(C)C.CCO.[Cl-]. The molecule has 0 aromatic heterocycles. The van der Waals surface area contributed by atoms with Crippen molar-refractivity contribution in [3.63, 3.8) is 0 Å². The van der Waals surface area contributed by atoms with E-state index >= 15 is 0 Å². The molecule has 134 valence electrons. The zero-order valence-corrected chi connectivity index (χ0v) is 16.3. The number of hydrogen-bond donors (Lipinski definition) is 2. The normalized spacial score (nSPS) is 11.2. The van der Waals surface area contributed by atoms with Crippen LogP contribution in [0.1, 0.15) is 19.4 Å². The standard InChI is InChI=1S/C17H21NOS.C2H6O.ClH/c1-13(18(2)3)12-14-6-4-5-7-17(14)20-16-10-8-15(19)9-11-16;1-2-3;/h4-11,13,19H,12H2,1-3H3;3H,2H2,1H3;1H/p-1. The van der Waals surface area contributed by atoms with E-state index in [4.69, 9.17) is 5.11 Å². The Balaban J connectivity index is 0.00000123. The number of hydrogen-bond acceptors (Lipinski definition) is 4. The van der Waals surface area contributed by atoms with Gasteiger partial charge >= 0.3 is 0 Å². The van der Waals surface area contributed by atoms with Crippen LogP contribution in [0.25, 0.3) is 0 Å². The zero-order valence-electron chi connectivity index (χ0n) is 14.7. The van der Waals surface area contributed by atoms with Gasteiger partial charge in [0.1, 0.15) is 5.75 Å². The molecule has 0 saturated carbocycles. The Morgan fingerprint density at radius 1 is 1.04 bits per heavy atom. The van der Waals surface area contributed by atoms with Crippen LogP contribution in [-0.2, 0) is 6.42 Å². The number of phenolic OH excluding ortho intramolecular Hbond substituents is 1. The van der Waals surface area contributed by atoms with Crippen LogP contribution >= 0.6 is 11.8 Å². The van der Waals surface area contributed by atoms with Crippen LogP contribution in [0.4, 0.5) is 0 Å². The second-order valence-electron chi connectivity index (χ2n) is 5.54. The Bertz CT molecular complexity index is 576. The molecular weight excluding hydrogens is 342 g/mol. The second kappa shape index (κ2) is 12.2. The maximum Gasteiger partial charge on any atom is 0.115 e. The molecule has 0 radical (unpaired) electrons. The third-order valence-electron chi connectivity index (χ3n) is 3.43. The van der Waals surface area contributed by atoms with E-state index in [1.807, 2.05) is 12.1 Å². The largest absolute Gasteiger partial charge is 1.00 e. The van der Waals surface area contributed by atoms with Crippen molar-refractivity contribution in [1.82, 2.24) is 4.90 Å². The summed E-state index contributed by atoms with van der Waals surface area (Å²) in [5, 5.41) is 16.9. The second-order valence-corrected chi connectivity index (χ2v) is 6.65. The average molecular weight is 369 g/mol. The van der Waals surface area contributed by atoms with Crippen molar-refractivity contribution in [2.24, 2.45) is 0 Å². The van der Waals surface area contributed by atoms with Crippen molar-refractivity contribution >= 4 is 11.8 Å². The number of aliphatic hydroxyl groups excluding tert-OH is 1. The summed E-state index contributed by atoms with van der Waals surface area (Å²) in [6.45, 7) is 4.17. The molecule has 1 unspecified atom stereocenters. The molecule has 0 saturated heterocycles. The lowest BCUT2D eigenvalue weighted by Crippen LogP contribution is -3.00. The van der Waals surface area contributed by atoms with Gasteiger partial charge in [0.2, 0.25) is 0 Å². The third kappa shape index (κ3) is 8.06. The number of likely N-dealkylation sites (N-methyl/N-ethyl adjacent to an activating group) is 1. The summed E-state index contributed by atoms with van der Waals surface area (Å²) in [5.74, 6) is 0.309. The minimum Gasteiger partial charge on any atom is -1.00 e. The van der Waals surface area contributed by atoms with Crippen molar-refractivity contribution < 1.29 is 22.6 Å². The van der Waals surface area contributed by atoms with Crippen LogP contribution in [0.15, 0.2) is 58.3 Å². The Labute approximate surface area is 156 Å². The molecule has 3 nitrogen and oxygen atoms in total. The van der Waals surface area contributed by atoms with Gasteiger partial charge in [-0.05, 0) is 70.3 Å². The highest BCUT2D eigenvalue weighted by molar-refractivity contribution is 7.99. The minimum absolute atomic E-state index is 0. The fourth-order valence-corrected chi connectivity index (χ4v) is 2.87. The molecule has 0 amide bonds. The summed E-state index contributed by atoms with van der Waals surface area (Å²) in [4.78, 5) is 4.67. The molecule has 0 fully saturated rings. The van der Waals surface area contributed by atoms with Crippen molar-refractivity contribution in [3.05, 3.63) is 54.1 Å². The maximum atomic E-state index is 9.34. The Hall–Kier alpha value is -1.20. The third-order valence-corrected chi connectivity index (χ3v) is 4.56. The van der Waals surface area contributed by atoms with E-state index in [0.717, 1.165) is 11.3 Å². The van der Waals surface area contributed by atoms with Gasteiger partial charge in [0.05, 0.1) is 0 Å². The number of aromatic hydroxyl groups is 1. The van der Waals surface area contributed by atoms with E-state index in [1.54, 1.807) is 30.8 Å². The van der Waals surface area contributed by atoms with Crippen LogP contribution in [0.2, 0.25) is 0 Å². The first kappa shape index (κ1) is 22.8. The quantitative estimate of drug-likeness (QED) is 0.827. The minimum atomic E-state index is 0. The highest BCUT2D eigenvalue weighted by atomic mass is 35.5. The van der Waals surface area contributed by atoms with Gasteiger partial charge in [-0.3, -0.25) is 0 Å². The Morgan fingerprint density at radius 2 is 1.58 bits per heavy atom. The molecule has 2 rings (SSSR count). The van der Waals surface area contributed by atoms with E-state index in [-0.39, 0.29) is 19.0 Å². The molecule has 0 spiro atoms. The predicted octanol–water partition coefficient (Wildman–Crippen LogP) is 1.04. The fraction of sp³-hybridized carbons (Fsp3) is 0.368. The van der Waals surface area contributed by atoms with Gasteiger partial charge in [-0.1, -0.05) is 30.0 Å². The van der Waals surface area contributed by atoms with Crippen LogP contribution < -0.4 is 12.4 Å². The lowest BCUT2D eigenvalue weighted by molar-refractivity contribution is -0.00000719. The summed E-state index contributed by atoms with van der Waals surface area (Å²) in [6, 6.07) is 16.4. The van der Waals surface area contributed by atoms with Gasteiger partial charge in [-0.25, -0.2) is 0 Å². The van der Waals surface area contributed by atoms with Crippen LogP contribution in [0.5, 0.6) is 5.75 Å². The fourth-order valence-electron chi connectivity index (χ4n) is 1.91. The number of benzene rings is 2. The molecule has 1 atom stereocenters. The van der Waals surface area contributed by atoms with Gasteiger partial charge in [0.15, 0.2) is 0 Å². The molecule has 0 heterocycles. The number of phenols is 1. The van der Waals surface area contributed by atoms with E-state index < -0.39 is 0 Å². The first-order valence-corrected chi connectivity index (χ1v) is 8.61. The summed E-state index contributed by atoms with van der Waals surface area (Å²) in [7, 11) is 4.22. The molecule has 0 bridgehead atoms. The van der Waals surface area contributed by atoms with Gasteiger partial charge in [0, 0.05) is 22.4 Å². The first-order valence-electron chi connectivity index (χ1n) is 7.80. The molecular formula is C19H27ClNO2S-. The van der Waals surface area contributed by atoms with E-state index in [1.165, 1.54) is 10.5 Å². The predicted molar refractivity (Wildman–Crippen MR) is 98.3 cm³/mol. The van der Waals surface area contributed by atoms with Gasteiger partial charge in [-0.15, -0.1) is 0 Å². The van der Waals surface area contributed by atoms with Crippen LogP contribution in [-0.4, -0.2) is 41.9 Å². The Morgan fingerprint density at radius 3 is 2.12 bits per heavy atom.